The second-order valence-corrected chi connectivity index (χ2v) is 7.44. The van der Waals surface area contributed by atoms with Gasteiger partial charge in [0, 0.05) is 10.0 Å². The fourth-order valence-electron chi connectivity index (χ4n) is 2.83. The van der Waals surface area contributed by atoms with Crippen LogP contribution in [-0.2, 0) is 9.59 Å². The molecule has 10 heteroatoms. The third-order valence-electron chi connectivity index (χ3n) is 4.27. The Morgan fingerprint density at radius 3 is 2.34 bits per heavy atom. The van der Waals surface area contributed by atoms with Gasteiger partial charge in [0.15, 0.2) is 0 Å². The van der Waals surface area contributed by atoms with Crippen LogP contribution in [0.15, 0.2) is 53.0 Å². The Kier molecular flexibility index (Phi) is 6.14. The average Bonchev–Trinajstić information content (AvgIpc) is 2.92. The third kappa shape index (κ3) is 4.38. The van der Waals surface area contributed by atoms with E-state index in [1.807, 2.05) is 0 Å². The Balaban J connectivity index is 1.89. The van der Waals surface area contributed by atoms with Crippen molar-refractivity contribution in [1.82, 2.24) is 10.4 Å². The van der Waals surface area contributed by atoms with E-state index in [0.29, 0.717) is 17.0 Å². The Hall–Kier alpha value is -2.98. The first-order valence-electron chi connectivity index (χ1n) is 8.48. The summed E-state index contributed by atoms with van der Waals surface area (Å²) in [4.78, 5) is 38.4. The number of primary amides is 1. The predicted molar refractivity (Wildman–Crippen MR) is 114 cm³/mol. The molecule has 3 rings (SSSR count). The molecule has 0 spiro atoms. The SMILES string of the molecule is COc1ccc(N2C(=O)C(CC(N)=O)N(NC(=O)c3ccc(Br)cc3)C2=S)cc1. The molecule has 0 bridgehead atoms. The topological polar surface area (TPSA) is 105 Å². The number of nitrogens with two attached hydrogens (primary N) is 1. The number of ether oxygens (including phenoxy) is 1. The van der Waals surface area contributed by atoms with Gasteiger partial charge >= 0.3 is 0 Å². The zero-order chi connectivity index (χ0) is 21.1. The summed E-state index contributed by atoms with van der Waals surface area (Å²) in [5, 5.41) is 1.24. The van der Waals surface area contributed by atoms with E-state index in [0.717, 1.165) is 4.47 Å². The Morgan fingerprint density at radius 2 is 1.79 bits per heavy atom. The third-order valence-corrected chi connectivity index (χ3v) is 5.18. The second kappa shape index (κ2) is 8.58. The minimum atomic E-state index is -1.04. The molecule has 0 aliphatic carbocycles. The van der Waals surface area contributed by atoms with E-state index < -0.39 is 23.8 Å². The van der Waals surface area contributed by atoms with Crippen molar-refractivity contribution in [3.05, 3.63) is 58.6 Å². The highest BCUT2D eigenvalue weighted by Crippen LogP contribution is 2.27. The molecule has 0 aromatic heterocycles. The quantitative estimate of drug-likeness (QED) is 0.617. The highest BCUT2D eigenvalue weighted by molar-refractivity contribution is 9.10. The molecule has 1 aliphatic heterocycles. The largest absolute Gasteiger partial charge is 0.497 e. The monoisotopic (exact) mass is 476 g/mol. The molecule has 3 N–H and O–H groups in total. The van der Waals surface area contributed by atoms with Crippen molar-refractivity contribution in [3.63, 3.8) is 0 Å². The summed E-state index contributed by atoms with van der Waals surface area (Å²) < 4.78 is 5.94. The van der Waals surface area contributed by atoms with Gasteiger partial charge in [0.25, 0.3) is 11.8 Å². The molecule has 1 atom stereocenters. The van der Waals surface area contributed by atoms with Crippen molar-refractivity contribution in [2.24, 2.45) is 5.73 Å². The van der Waals surface area contributed by atoms with Crippen LogP contribution in [0.1, 0.15) is 16.8 Å². The van der Waals surface area contributed by atoms with Crippen LogP contribution in [-0.4, -0.2) is 41.0 Å². The number of methoxy groups -OCH3 is 1. The average molecular weight is 477 g/mol. The van der Waals surface area contributed by atoms with Crippen molar-refractivity contribution in [1.29, 1.82) is 0 Å². The van der Waals surface area contributed by atoms with E-state index in [2.05, 4.69) is 21.4 Å². The van der Waals surface area contributed by atoms with Gasteiger partial charge in [-0.25, -0.2) is 5.01 Å². The first-order chi connectivity index (χ1) is 13.8. The van der Waals surface area contributed by atoms with Crippen LogP contribution in [0, 0.1) is 0 Å². The summed E-state index contributed by atoms with van der Waals surface area (Å²) in [6.07, 6.45) is -0.299. The lowest BCUT2D eigenvalue weighted by Gasteiger charge is -2.24. The van der Waals surface area contributed by atoms with Gasteiger partial charge in [-0.2, -0.15) is 0 Å². The Morgan fingerprint density at radius 1 is 1.17 bits per heavy atom. The molecule has 1 unspecified atom stereocenters. The first kappa shape index (κ1) is 20.7. The highest BCUT2D eigenvalue weighted by atomic mass is 79.9. The van der Waals surface area contributed by atoms with E-state index >= 15 is 0 Å². The normalized spacial score (nSPS) is 16.1. The van der Waals surface area contributed by atoms with E-state index in [1.165, 1.54) is 17.0 Å². The smallest absolute Gasteiger partial charge is 0.269 e. The van der Waals surface area contributed by atoms with Gasteiger partial charge in [-0.1, -0.05) is 15.9 Å². The fraction of sp³-hybridized carbons (Fsp3) is 0.158. The van der Waals surface area contributed by atoms with Crippen LogP contribution < -0.4 is 20.8 Å². The van der Waals surface area contributed by atoms with Crippen LogP contribution in [0.2, 0.25) is 0 Å². The summed E-state index contributed by atoms with van der Waals surface area (Å²) >= 11 is 8.73. The van der Waals surface area contributed by atoms with Crippen molar-refractivity contribution >= 4 is 56.7 Å². The zero-order valence-electron chi connectivity index (χ0n) is 15.3. The first-order valence-corrected chi connectivity index (χ1v) is 9.68. The molecule has 0 saturated carbocycles. The number of hydrazine groups is 1. The lowest BCUT2D eigenvalue weighted by atomic mass is 10.2. The number of nitrogens with zero attached hydrogens (tertiary/aromatic N) is 2. The number of hydrogen-bond acceptors (Lipinski definition) is 5. The number of benzene rings is 2. The molecule has 2 aromatic rings. The van der Waals surface area contributed by atoms with Crippen molar-refractivity contribution in [2.45, 2.75) is 12.5 Å². The molecule has 29 heavy (non-hydrogen) atoms. The van der Waals surface area contributed by atoms with Crippen molar-refractivity contribution < 1.29 is 19.1 Å². The van der Waals surface area contributed by atoms with Crippen molar-refractivity contribution in [3.8, 4) is 5.75 Å². The molecule has 1 saturated heterocycles. The van der Waals surface area contributed by atoms with Crippen LogP contribution in [0.4, 0.5) is 5.69 Å². The van der Waals surface area contributed by atoms with Gasteiger partial charge in [0.2, 0.25) is 11.0 Å². The maximum Gasteiger partial charge on any atom is 0.269 e. The number of hydrogen-bond donors (Lipinski definition) is 2. The maximum atomic E-state index is 13.0. The van der Waals surface area contributed by atoms with E-state index in [-0.39, 0.29) is 11.5 Å². The number of carbonyl (C=O) groups excluding carboxylic acids is 3. The van der Waals surface area contributed by atoms with Crippen molar-refractivity contribution in [2.75, 3.05) is 12.0 Å². The lowest BCUT2D eigenvalue weighted by molar-refractivity contribution is -0.125. The minimum Gasteiger partial charge on any atom is -0.497 e. The highest BCUT2D eigenvalue weighted by Gasteiger charge is 2.45. The van der Waals surface area contributed by atoms with Gasteiger partial charge in [-0.15, -0.1) is 0 Å². The van der Waals surface area contributed by atoms with Crippen LogP contribution in [0.25, 0.3) is 0 Å². The molecule has 8 nitrogen and oxygen atoms in total. The number of nitrogens with one attached hydrogen (secondary N) is 1. The number of carbonyl (C=O) groups is 3. The molecule has 3 amide bonds. The summed E-state index contributed by atoms with van der Waals surface area (Å²) in [6, 6.07) is 12.3. The standard InChI is InChI=1S/C19H17BrN4O4S/c1-28-14-8-6-13(7-9-14)23-18(27)15(10-16(21)25)24(19(23)29)22-17(26)11-2-4-12(20)5-3-11/h2-9,15H,10H2,1H3,(H2,21,25)(H,22,26). The Bertz CT molecular complexity index is 965. The maximum absolute atomic E-state index is 13.0. The molecule has 0 radical (unpaired) electrons. The second-order valence-electron chi connectivity index (χ2n) is 6.16. The molecule has 1 aliphatic rings. The molecular weight excluding hydrogens is 460 g/mol. The van der Waals surface area contributed by atoms with Crippen LogP contribution in [0.3, 0.4) is 0 Å². The lowest BCUT2D eigenvalue weighted by Crippen LogP contribution is -2.49. The zero-order valence-corrected chi connectivity index (χ0v) is 17.7. The summed E-state index contributed by atoms with van der Waals surface area (Å²) in [5.74, 6) is -1.01. The number of halogens is 1. The molecule has 1 fully saturated rings. The number of anilines is 1. The van der Waals surface area contributed by atoms with Crippen LogP contribution >= 0.6 is 28.1 Å². The van der Waals surface area contributed by atoms with Gasteiger partial charge in [0.1, 0.15) is 11.8 Å². The van der Waals surface area contributed by atoms with Gasteiger partial charge in [-0.3, -0.25) is 24.7 Å². The van der Waals surface area contributed by atoms with Gasteiger partial charge in [-0.05, 0) is 60.7 Å². The number of thiocarbonyl (C=S) groups is 1. The van der Waals surface area contributed by atoms with E-state index in [9.17, 15) is 14.4 Å². The van der Waals surface area contributed by atoms with Gasteiger partial charge < -0.3 is 10.5 Å². The fourth-order valence-corrected chi connectivity index (χ4v) is 3.47. The van der Waals surface area contributed by atoms with Gasteiger partial charge in [0.05, 0.1) is 19.2 Å². The summed E-state index contributed by atoms with van der Waals surface area (Å²) in [6.45, 7) is 0. The molecule has 2 aromatic carbocycles. The summed E-state index contributed by atoms with van der Waals surface area (Å²) in [7, 11) is 1.53. The summed E-state index contributed by atoms with van der Waals surface area (Å²) in [5.41, 5.74) is 8.77. The number of rotatable bonds is 6. The molecule has 150 valence electrons. The predicted octanol–water partition coefficient (Wildman–Crippen LogP) is 1.98. The van der Waals surface area contributed by atoms with E-state index in [1.54, 1.807) is 48.5 Å². The number of amides is 3. The molecular formula is C19H17BrN4O4S. The van der Waals surface area contributed by atoms with E-state index in [4.69, 9.17) is 22.7 Å². The Labute approximate surface area is 180 Å². The minimum absolute atomic E-state index is 0.0388. The molecule has 1 heterocycles. The van der Waals surface area contributed by atoms with Crippen LogP contribution in [0.5, 0.6) is 5.75 Å².